The largest absolute Gasteiger partial charge is 0.498 e. The van der Waals surface area contributed by atoms with E-state index in [1.165, 1.54) is 11.3 Å². The number of allylic oxidation sites excluding steroid dienone is 4. The molecule has 1 aromatic heterocycles. The molecule has 0 radical (unpaired) electrons. The van der Waals surface area contributed by atoms with Crippen LogP contribution in [-0.4, -0.2) is 60.8 Å². The third-order valence-corrected chi connectivity index (χ3v) is 7.72. The number of benzene rings is 2. The molecule has 7 heteroatoms. The monoisotopic (exact) mass is 527 g/mol. The maximum atomic E-state index is 13.4. The van der Waals surface area contributed by atoms with Crippen LogP contribution in [0.5, 0.6) is 0 Å². The van der Waals surface area contributed by atoms with E-state index in [-0.39, 0.29) is 17.9 Å². The Morgan fingerprint density at radius 3 is 2.74 bits per heavy atom. The maximum Gasteiger partial charge on any atom is 0.251 e. The van der Waals surface area contributed by atoms with Crippen molar-refractivity contribution in [2.45, 2.75) is 52.1 Å². The van der Waals surface area contributed by atoms with Crippen molar-refractivity contribution in [1.29, 1.82) is 0 Å². The Labute approximate surface area is 231 Å². The van der Waals surface area contributed by atoms with Crippen molar-refractivity contribution in [3.8, 4) is 0 Å². The molecule has 2 saturated heterocycles. The van der Waals surface area contributed by atoms with E-state index < -0.39 is 0 Å². The van der Waals surface area contributed by atoms with Crippen molar-refractivity contribution in [3.05, 3.63) is 77.2 Å². The molecule has 1 atom stereocenters. The lowest BCUT2D eigenvalue weighted by Crippen LogP contribution is -2.47. The van der Waals surface area contributed by atoms with Crippen LogP contribution in [0.25, 0.3) is 16.5 Å². The number of nitrogens with zero attached hydrogens (tertiary/aromatic N) is 3. The minimum atomic E-state index is -0.0252. The highest BCUT2D eigenvalue weighted by atomic mass is 16.5. The van der Waals surface area contributed by atoms with Crippen LogP contribution in [0.3, 0.4) is 0 Å². The van der Waals surface area contributed by atoms with Gasteiger partial charge in [0.05, 0.1) is 23.6 Å². The molecule has 0 saturated carbocycles. The van der Waals surface area contributed by atoms with Crippen molar-refractivity contribution >= 4 is 28.1 Å². The first-order valence-electron chi connectivity index (χ1n) is 14.2. The Morgan fingerprint density at radius 2 is 2.03 bits per heavy atom. The van der Waals surface area contributed by atoms with Crippen LogP contribution in [0, 0.1) is 5.92 Å². The average Bonchev–Trinajstić information content (AvgIpc) is 3.59. The zero-order valence-electron chi connectivity index (χ0n) is 23.7. The lowest BCUT2D eigenvalue weighted by molar-refractivity contribution is 0.0901. The average molecular weight is 528 g/mol. The van der Waals surface area contributed by atoms with E-state index in [9.17, 15) is 4.79 Å². The van der Waals surface area contributed by atoms with E-state index in [2.05, 4.69) is 89.7 Å². The number of H-pyrrole nitrogens is 1. The summed E-state index contributed by atoms with van der Waals surface area (Å²) in [5.74, 6) is 1.28. The Morgan fingerprint density at radius 1 is 1.21 bits per heavy atom. The Balaban J connectivity index is 1.27. The standard InChI is InChI=1S/C32H41N5O2/c1-22(2)28(15-14-27-8-6-18-39-27)31-29-19-24(11-16-30(29)34-35-31)32(38)33-25-7-5-17-37(21-25)20-23-9-12-26(13-10-23)36(3)4/h9-16,19,22,25H,5-8,17-18,20-21H2,1-4H3,(H,33,38)(H,34,35)/b27-14+,28-15+. The van der Waals surface area contributed by atoms with Gasteiger partial charge in [0.25, 0.3) is 5.91 Å². The zero-order valence-corrected chi connectivity index (χ0v) is 23.7. The number of piperidine rings is 1. The fourth-order valence-corrected chi connectivity index (χ4v) is 5.50. The SMILES string of the molecule is CC(C)/C(=C\C=C1/CCCO1)c1n[nH]c2ccc(C(=O)NC3CCCN(Cc4ccc(N(C)C)cc4)C3)cc12. The van der Waals surface area contributed by atoms with Gasteiger partial charge in [-0.05, 0) is 79.3 Å². The summed E-state index contributed by atoms with van der Waals surface area (Å²) in [4.78, 5) is 17.9. The molecule has 206 valence electrons. The second kappa shape index (κ2) is 12.1. The first-order chi connectivity index (χ1) is 18.9. The van der Waals surface area contributed by atoms with E-state index in [4.69, 9.17) is 4.74 Å². The summed E-state index contributed by atoms with van der Waals surface area (Å²) < 4.78 is 5.69. The molecule has 2 N–H and O–H groups in total. The molecule has 39 heavy (non-hydrogen) atoms. The van der Waals surface area contributed by atoms with Gasteiger partial charge in [0.15, 0.2) is 0 Å². The summed E-state index contributed by atoms with van der Waals surface area (Å²) in [6.07, 6.45) is 8.33. The Hall–Kier alpha value is -3.58. The zero-order chi connectivity index (χ0) is 27.4. The van der Waals surface area contributed by atoms with Crippen LogP contribution in [0.2, 0.25) is 0 Å². The van der Waals surface area contributed by atoms with Gasteiger partial charge in [-0.2, -0.15) is 5.10 Å². The number of fused-ring (bicyclic) bond motifs is 1. The van der Waals surface area contributed by atoms with Gasteiger partial charge in [0.1, 0.15) is 0 Å². The summed E-state index contributed by atoms with van der Waals surface area (Å²) in [5, 5.41) is 12.1. The highest BCUT2D eigenvalue weighted by Gasteiger charge is 2.23. The number of amides is 1. The first kappa shape index (κ1) is 27.0. The van der Waals surface area contributed by atoms with Crippen molar-refractivity contribution < 1.29 is 9.53 Å². The molecule has 2 aliphatic heterocycles. The van der Waals surface area contributed by atoms with E-state index in [1.807, 2.05) is 18.2 Å². The number of hydrogen-bond donors (Lipinski definition) is 2. The van der Waals surface area contributed by atoms with Gasteiger partial charge in [-0.25, -0.2) is 0 Å². The number of anilines is 1. The molecule has 3 heterocycles. The lowest BCUT2D eigenvalue weighted by atomic mass is 9.96. The van der Waals surface area contributed by atoms with Crippen molar-refractivity contribution in [1.82, 2.24) is 20.4 Å². The molecule has 7 nitrogen and oxygen atoms in total. The molecule has 3 aromatic rings. The molecular weight excluding hydrogens is 486 g/mol. The summed E-state index contributed by atoms with van der Waals surface area (Å²) in [5.41, 5.74) is 6.13. The number of hydrogen-bond acceptors (Lipinski definition) is 5. The Kier molecular flexibility index (Phi) is 8.36. The molecular formula is C32H41N5O2. The van der Waals surface area contributed by atoms with E-state index in [0.717, 1.165) is 79.9 Å². The molecule has 1 amide bonds. The molecule has 1 unspecified atom stereocenters. The fourth-order valence-electron chi connectivity index (χ4n) is 5.50. The van der Waals surface area contributed by atoms with Gasteiger partial charge in [-0.1, -0.05) is 32.1 Å². The molecule has 5 rings (SSSR count). The van der Waals surface area contributed by atoms with Crippen LogP contribution in [0.4, 0.5) is 5.69 Å². The van der Waals surface area contributed by atoms with Crippen LogP contribution in [0.1, 0.15) is 61.1 Å². The maximum absolute atomic E-state index is 13.4. The molecule has 2 aliphatic rings. The van der Waals surface area contributed by atoms with Crippen molar-refractivity contribution in [2.75, 3.05) is 38.7 Å². The van der Waals surface area contributed by atoms with Gasteiger partial charge >= 0.3 is 0 Å². The summed E-state index contributed by atoms with van der Waals surface area (Å²) in [6, 6.07) is 14.7. The lowest BCUT2D eigenvalue weighted by Gasteiger charge is -2.33. The van der Waals surface area contributed by atoms with Gasteiger partial charge in [0, 0.05) is 56.3 Å². The second-order valence-corrected chi connectivity index (χ2v) is 11.3. The van der Waals surface area contributed by atoms with Crippen LogP contribution < -0.4 is 10.2 Å². The number of rotatable bonds is 8. The van der Waals surface area contributed by atoms with Crippen LogP contribution in [-0.2, 0) is 11.3 Å². The fraction of sp³-hybridized carbons (Fsp3) is 0.438. The number of nitrogens with one attached hydrogen (secondary N) is 2. The summed E-state index contributed by atoms with van der Waals surface area (Å²) in [7, 11) is 4.12. The first-order valence-corrected chi connectivity index (χ1v) is 14.2. The Bertz CT molecular complexity index is 1340. The predicted octanol–water partition coefficient (Wildman–Crippen LogP) is 5.76. The van der Waals surface area contributed by atoms with E-state index in [0.29, 0.717) is 5.56 Å². The molecule has 2 aromatic carbocycles. The quantitative estimate of drug-likeness (QED) is 0.390. The highest BCUT2D eigenvalue weighted by Crippen LogP contribution is 2.30. The second-order valence-electron chi connectivity index (χ2n) is 11.3. The smallest absolute Gasteiger partial charge is 0.251 e. The number of aromatic amines is 1. The predicted molar refractivity (Wildman–Crippen MR) is 159 cm³/mol. The normalized spacial score (nSPS) is 19.6. The van der Waals surface area contributed by atoms with Crippen molar-refractivity contribution in [3.63, 3.8) is 0 Å². The minimum Gasteiger partial charge on any atom is -0.498 e. The van der Waals surface area contributed by atoms with Gasteiger partial charge in [0.2, 0.25) is 0 Å². The van der Waals surface area contributed by atoms with Gasteiger partial charge in [-0.15, -0.1) is 0 Å². The molecule has 0 aliphatic carbocycles. The molecule has 0 bridgehead atoms. The minimum absolute atomic E-state index is 0.0252. The van der Waals surface area contributed by atoms with Crippen LogP contribution in [0.15, 0.2) is 60.4 Å². The third-order valence-electron chi connectivity index (χ3n) is 7.72. The number of ether oxygens (including phenoxy) is 1. The van der Waals surface area contributed by atoms with E-state index >= 15 is 0 Å². The number of carbonyl (C=O) groups excluding carboxylic acids is 1. The highest BCUT2D eigenvalue weighted by molar-refractivity contribution is 6.00. The summed E-state index contributed by atoms with van der Waals surface area (Å²) >= 11 is 0. The number of carbonyl (C=O) groups is 1. The molecule has 0 spiro atoms. The van der Waals surface area contributed by atoms with Crippen molar-refractivity contribution in [2.24, 2.45) is 5.92 Å². The molecule has 2 fully saturated rings. The van der Waals surface area contributed by atoms with E-state index in [1.54, 1.807) is 0 Å². The number of likely N-dealkylation sites (tertiary alicyclic amines) is 1. The third kappa shape index (κ3) is 6.53. The number of aromatic nitrogens is 2. The van der Waals surface area contributed by atoms with Crippen LogP contribution >= 0.6 is 0 Å². The van der Waals surface area contributed by atoms with Gasteiger partial charge in [-0.3, -0.25) is 14.8 Å². The van der Waals surface area contributed by atoms with Gasteiger partial charge < -0.3 is 15.0 Å². The topological polar surface area (TPSA) is 73.5 Å². The summed E-state index contributed by atoms with van der Waals surface area (Å²) in [6.45, 7) is 7.94.